The lowest BCUT2D eigenvalue weighted by Gasteiger charge is -2.37. The summed E-state index contributed by atoms with van der Waals surface area (Å²) in [5.74, 6) is 0. The number of nitrogens with one attached hydrogen (secondary N) is 1. The van der Waals surface area contributed by atoms with E-state index in [4.69, 9.17) is 4.74 Å². The Morgan fingerprint density at radius 3 is 2.81 bits per heavy atom. The molecule has 0 aromatic rings. The highest BCUT2D eigenvalue weighted by atomic mass is 32.2. The normalized spacial score (nSPS) is 45.9. The molecule has 2 saturated heterocycles. The zero-order chi connectivity index (χ0) is 11.9. The quantitative estimate of drug-likeness (QED) is 0.711. The van der Waals surface area contributed by atoms with E-state index in [2.05, 4.69) is 10.3 Å². The number of rotatable bonds is 1. The Hall–Kier alpha value is -0.470. The summed E-state index contributed by atoms with van der Waals surface area (Å²) < 4.78 is 43.6. The predicted molar refractivity (Wildman–Crippen MR) is 53.4 cm³/mol. The van der Waals surface area contributed by atoms with Crippen LogP contribution in [0, 0.1) is 0 Å². The molecule has 2 aliphatic rings. The van der Waals surface area contributed by atoms with Gasteiger partial charge in [0, 0.05) is 7.05 Å². The zero-order valence-corrected chi connectivity index (χ0v) is 9.13. The lowest BCUT2D eigenvalue weighted by Crippen LogP contribution is -2.58. The molecule has 0 aliphatic carbocycles. The van der Waals surface area contributed by atoms with Gasteiger partial charge >= 0.3 is 0 Å². The molecule has 5 atom stereocenters. The van der Waals surface area contributed by atoms with Gasteiger partial charge < -0.3 is 15.2 Å². The number of aliphatic imine (C=N–C) groups is 1. The summed E-state index contributed by atoms with van der Waals surface area (Å²) in [6, 6.07) is -0.825. The largest absolute Gasteiger partial charge is 0.387 e. The van der Waals surface area contributed by atoms with E-state index in [1.54, 1.807) is 0 Å². The molecule has 0 amide bonds. The lowest BCUT2D eigenvalue weighted by molar-refractivity contribution is -0.180. The molecule has 5 unspecified atom stereocenters. The van der Waals surface area contributed by atoms with Crippen molar-refractivity contribution in [3.63, 3.8) is 0 Å². The number of halogens is 3. The minimum Gasteiger partial charge on any atom is -0.387 e. The summed E-state index contributed by atoms with van der Waals surface area (Å²) >= 11 is 1.05. The van der Waals surface area contributed by atoms with Gasteiger partial charge in [-0.25, -0.2) is 13.2 Å². The molecule has 2 fully saturated rings. The number of amidine groups is 1. The first kappa shape index (κ1) is 12.0. The summed E-state index contributed by atoms with van der Waals surface area (Å²) in [5, 5.41) is 12.5. The van der Waals surface area contributed by atoms with Gasteiger partial charge in [-0.05, 0) is 0 Å². The SMILES string of the molecule is CN=C1NC2C(OC(C(F)F)C(O)C2F)S1. The van der Waals surface area contributed by atoms with E-state index in [1.807, 2.05) is 0 Å². The number of aliphatic hydroxyl groups is 1. The van der Waals surface area contributed by atoms with Crippen molar-refractivity contribution in [3.8, 4) is 0 Å². The van der Waals surface area contributed by atoms with Crippen LogP contribution in [0.5, 0.6) is 0 Å². The van der Waals surface area contributed by atoms with Gasteiger partial charge in [0.15, 0.2) is 11.3 Å². The summed E-state index contributed by atoms with van der Waals surface area (Å²) in [4.78, 5) is 3.79. The molecule has 2 heterocycles. The fourth-order valence-corrected chi connectivity index (χ4v) is 2.80. The molecule has 2 N–H and O–H groups in total. The van der Waals surface area contributed by atoms with Crippen molar-refractivity contribution in [1.82, 2.24) is 5.32 Å². The third kappa shape index (κ3) is 1.89. The van der Waals surface area contributed by atoms with Gasteiger partial charge in [-0.1, -0.05) is 11.8 Å². The third-order valence-electron chi connectivity index (χ3n) is 2.56. The van der Waals surface area contributed by atoms with E-state index in [0.29, 0.717) is 5.17 Å². The molecule has 4 nitrogen and oxygen atoms in total. The first-order valence-corrected chi connectivity index (χ1v) is 5.58. The Bertz CT molecular complexity index is 305. The molecule has 0 aromatic carbocycles. The summed E-state index contributed by atoms with van der Waals surface area (Å²) in [6.45, 7) is 0. The van der Waals surface area contributed by atoms with Crippen LogP contribution >= 0.6 is 11.8 Å². The minimum absolute atomic E-state index is 0.430. The van der Waals surface area contributed by atoms with E-state index in [1.165, 1.54) is 7.05 Å². The number of nitrogens with zero attached hydrogens (tertiary/aromatic N) is 1. The van der Waals surface area contributed by atoms with Crippen molar-refractivity contribution >= 4 is 16.9 Å². The molecular weight excluding hydrogens is 245 g/mol. The Morgan fingerprint density at radius 1 is 1.56 bits per heavy atom. The average molecular weight is 256 g/mol. The second-order valence-electron chi connectivity index (χ2n) is 3.56. The van der Waals surface area contributed by atoms with Crippen LogP contribution in [-0.4, -0.2) is 53.6 Å². The molecular formula is C8H11F3N2O2S. The van der Waals surface area contributed by atoms with Crippen molar-refractivity contribution in [2.75, 3.05) is 7.05 Å². The number of fused-ring (bicyclic) bond motifs is 1. The van der Waals surface area contributed by atoms with Crippen LogP contribution < -0.4 is 5.32 Å². The standard InChI is InChI=1S/C8H11F3N2O2S/c1-12-8-13-3-2(9)4(14)5(6(10)11)15-7(3)16-8/h2-7,14H,1H3,(H,12,13). The maximum atomic E-state index is 13.7. The van der Waals surface area contributed by atoms with Gasteiger partial charge in [0.1, 0.15) is 17.6 Å². The second kappa shape index (κ2) is 4.42. The highest BCUT2D eigenvalue weighted by molar-refractivity contribution is 8.14. The Kier molecular flexibility index (Phi) is 3.32. The van der Waals surface area contributed by atoms with Gasteiger partial charge in [-0.3, -0.25) is 4.99 Å². The molecule has 92 valence electrons. The molecule has 0 radical (unpaired) electrons. The Balaban J connectivity index is 2.15. The van der Waals surface area contributed by atoms with E-state index in [9.17, 15) is 18.3 Å². The molecule has 2 rings (SSSR count). The third-order valence-corrected chi connectivity index (χ3v) is 3.72. The highest BCUT2D eigenvalue weighted by Crippen LogP contribution is 2.36. The smallest absolute Gasteiger partial charge is 0.267 e. The highest BCUT2D eigenvalue weighted by Gasteiger charge is 2.52. The average Bonchev–Trinajstić information content (AvgIpc) is 2.66. The van der Waals surface area contributed by atoms with E-state index in [-0.39, 0.29) is 0 Å². The Labute approximate surface area is 94.3 Å². The number of thioether (sulfide) groups is 1. The molecule has 0 bridgehead atoms. The number of aliphatic hydroxyl groups excluding tert-OH is 1. The van der Waals surface area contributed by atoms with Crippen LogP contribution in [0.15, 0.2) is 4.99 Å². The molecule has 0 spiro atoms. The van der Waals surface area contributed by atoms with Crippen LogP contribution in [-0.2, 0) is 4.74 Å². The van der Waals surface area contributed by atoms with Crippen LogP contribution in [0.1, 0.15) is 0 Å². The van der Waals surface area contributed by atoms with E-state index in [0.717, 1.165) is 11.8 Å². The fourth-order valence-electron chi connectivity index (χ4n) is 1.72. The fraction of sp³-hybridized carbons (Fsp3) is 0.875. The van der Waals surface area contributed by atoms with Gasteiger partial charge in [-0.15, -0.1) is 0 Å². The minimum atomic E-state index is -2.91. The number of alkyl halides is 3. The van der Waals surface area contributed by atoms with Crippen molar-refractivity contribution in [2.45, 2.75) is 36.3 Å². The van der Waals surface area contributed by atoms with Crippen molar-refractivity contribution in [1.29, 1.82) is 0 Å². The van der Waals surface area contributed by atoms with Crippen molar-refractivity contribution in [3.05, 3.63) is 0 Å². The van der Waals surface area contributed by atoms with E-state index >= 15 is 0 Å². The topological polar surface area (TPSA) is 53.9 Å². The second-order valence-corrected chi connectivity index (χ2v) is 4.64. The van der Waals surface area contributed by atoms with Crippen LogP contribution in [0.3, 0.4) is 0 Å². The van der Waals surface area contributed by atoms with Crippen LogP contribution in [0.2, 0.25) is 0 Å². The first-order chi connectivity index (χ1) is 7.54. The molecule has 2 aliphatic heterocycles. The van der Waals surface area contributed by atoms with Crippen LogP contribution in [0.4, 0.5) is 13.2 Å². The van der Waals surface area contributed by atoms with Gasteiger partial charge in [0.05, 0.1) is 6.04 Å². The van der Waals surface area contributed by atoms with E-state index < -0.39 is 36.3 Å². The predicted octanol–water partition coefficient (Wildman–Crippen LogP) is 0.366. The monoisotopic (exact) mass is 256 g/mol. The maximum Gasteiger partial charge on any atom is 0.267 e. The van der Waals surface area contributed by atoms with Gasteiger partial charge in [-0.2, -0.15) is 0 Å². The van der Waals surface area contributed by atoms with Gasteiger partial charge in [0.25, 0.3) is 6.43 Å². The molecule has 16 heavy (non-hydrogen) atoms. The van der Waals surface area contributed by atoms with Crippen LogP contribution in [0.25, 0.3) is 0 Å². The molecule has 0 aromatic heterocycles. The summed E-state index contributed by atoms with van der Waals surface area (Å²) in [5.41, 5.74) is -0.768. The van der Waals surface area contributed by atoms with Gasteiger partial charge in [0.2, 0.25) is 0 Å². The number of ether oxygens (including phenoxy) is 1. The number of hydrogen-bond acceptors (Lipinski definition) is 4. The Morgan fingerprint density at radius 2 is 2.25 bits per heavy atom. The molecule has 8 heteroatoms. The van der Waals surface area contributed by atoms with Crippen molar-refractivity contribution < 1.29 is 23.0 Å². The summed E-state index contributed by atoms with van der Waals surface area (Å²) in [7, 11) is 1.50. The first-order valence-electron chi connectivity index (χ1n) is 4.70. The maximum absolute atomic E-state index is 13.7. The zero-order valence-electron chi connectivity index (χ0n) is 8.31. The number of hydrogen-bond donors (Lipinski definition) is 2. The van der Waals surface area contributed by atoms with Crippen molar-refractivity contribution in [2.24, 2.45) is 4.99 Å². The summed E-state index contributed by atoms with van der Waals surface area (Å²) in [6.07, 6.45) is -8.28. The molecule has 0 saturated carbocycles. The lowest BCUT2D eigenvalue weighted by atomic mass is 9.99.